The molecular formula is C15H16INO2. The van der Waals surface area contributed by atoms with Gasteiger partial charge in [0.05, 0.1) is 13.2 Å². The van der Waals surface area contributed by atoms with Crippen LogP contribution in [-0.4, -0.2) is 18.2 Å². The Kier molecular flexibility index (Phi) is 5.94. The molecule has 0 fully saturated rings. The Labute approximate surface area is 127 Å². The predicted molar refractivity (Wildman–Crippen MR) is 83.6 cm³/mol. The van der Waals surface area contributed by atoms with Crippen LogP contribution in [0.5, 0.6) is 11.6 Å². The van der Waals surface area contributed by atoms with E-state index in [1.807, 2.05) is 42.5 Å². The number of pyridine rings is 1. The summed E-state index contributed by atoms with van der Waals surface area (Å²) in [5.41, 5.74) is 0. The van der Waals surface area contributed by atoms with Gasteiger partial charge in [0.1, 0.15) is 5.75 Å². The van der Waals surface area contributed by atoms with Crippen LogP contribution in [-0.2, 0) is 0 Å². The molecule has 0 spiro atoms. The Morgan fingerprint density at radius 1 is 0.895 bits per heavy atom. The highest BCUT2D eigenvalue weighted by Crippen LogP contribution is 2.13. The summed E-state index contributed by atoms with van der Waals surface area (Å²) < 4.78 is 12.4. The minimum Gasteiger partial charge on any atom is -0.494 e. The van der Waals surface area contributed by atoms with Crippen LogP contribution in [0.25, 0.3) is 0 Å². The number of benzene rings is 1. The number of ether oxygens (including phenoxy) is 2. The molecule has 2 rings (SSSR count). The van der Waals surface area contributed by atoms with Gasteiger partial charge >= 0.3 is 0 Å². The number of hydrogen-bond donors (Lipinski definition) is 0. The van der Waals surface area contributed by atoms with Gasteiger partial charge in [-0.25, -0.2) is 4.98 Å². The van der Waals surface area contributed by atoms with Crippen molar-refractivity contribution in [2.45, 2.75) is 12.8 Å². The third-order valence-electron chi connectivity index (χ3n) is 2.51. The van der Waals surface area contributed by atoms with Gasteiger partial charge in [0, 0.05) is 15.8 Å². The molecule has 1 aromatic carbocycles. The lowest BCUT2D eigenvalue weighted by Crippen LogP contribution is -2.03. The molecule has 0 saturated carbocycles. The highest BCUT2D eigenvalue weighted by molar-refractivity contribution is 14.1. The van der Waals surface area contributed by atoms with Crippen molar-refractivity contribution >= 4 is 22.6 Å². The molecule has 19 heavy (non-hydrogen) atoms. The molecule has 1 heterocycles. The fourth-order valence-corrected chi connectivity index (χ4v) is 1.89. The molecule has 0 radical (unpaired) electrons. The molecule has 0 saturated heterocycles. The van der Waals surface area contributed by atoms with Crippen LogP contribution in [0.15, 0.2) is 48.7 Å². The van der Waals surface area contributed by atoms with Gasteiger partial charge in [0.2, 0.25) is 5.88 Å². The summed E-state index contributed by atoms with van der Waals surface area (Å²) in [7, 11) is 0. The maximum atomic E-state index is 5.64. The summed E-state index contributed by atoms with van der Waals surface area (Å²) in [5, 5.41) is 0. The third kappa shape index (κ3) is 5.46. The maximum absolute atomic E-state index is 5.64. The van der Waals surface area contributed by atoms with Gasteiger partial charge in [0.15, 0.2) is 0 Å². The van der Waals surface area contributed by atoms with E-state index >= 15 is 0 Å². The lowest BCUT2D eigenvalue weighted by atomic mass is 10.3. The van der Waals surface area contributed by atoms with Gasteiger partial charge in [-0.2, -0.15) is 0 Å². The summed E-state index contributed by atoms with van der Waals surface area (Å²) in [6.07, 6.45) is 3.66. The van der Waals surface area contributed by atoms with Gasteiger partial charge < -0.3 is 9.47 Å². The average molecular weight is 369 g/mol. The van der Waals surface area contributed by atoms with Crippen molar-refractivity contribution in [3.05, 3.63) is 52.2 Å². The Balaban J connectivity index is 1.56. The Morgan fingerprint density at radius 2 is 1.63 bits per heavy atom. The lowest BCUT2D eigenvalue weighted by molar-refractivity contribution is 0.261. The van der Waals surface area contributed by atoms with Crippen LogP contribution >= 0.6 is 22.6 Å². The molecule has 0 unspecified atom stereocenters. The Morgan fingerprint density at radius 3 is 2.32 bits per heavy atom. The third-order valence-corrected chi connectivity index (χ3v) is 3.23. The summed E-state index contributed by atoms with van der Waals surface area (Å²) in [6, 6.07) is 13.7. The van der Waals surface area contributed by atoms with E-state index in [0.29, 0.717) is 19.1 Å². The van der Waals surface area contributed by atoms with Crippen LogP contribution in [0.4, 0.5) is 0 Å². The maximum Gasteiger partial charge on any atom is 0.213 e. The van der Waals surface area contributed by atoms with Crippen molar-refractivity contribution in [1.29, 1.82) is 0 Å². The molecule has 0 aliphatic rings. The van der Waals surface area contributed by atoms with Crippen molar-refractivity contribution in [2.75, 3.05) is 13.2 Å². The van der Waals surface area contributed by atoms with Gasteiger partial charge in [-0.05, 0) is 65.8 Å². The van der Waals surface area contributed by atoms with Crippen molar-refractivity contribution in [3.8, 4) is 11.6 Å². The fourth-order valence-electron chi connectivity index (χ4n) is 1.53. The molecule has 100 valence electrons. The molecular weight excluding hydrogens is 353 g/mol. The molecule has 0 N–H and O–H groups in total. The topological polar surface area (TPSA) is 31.4 Å². The highest BCUT2D eigenvalue weighted by Gasteiger charge is 1.96. The van der Waals surface area contributed by atoms with E-state index in [4.69, 9.17) is 9.47 Å². The summed E-state index contributed by atoms with van der Waals surface area (Å²) in [4.78, 5) is 4.10. The molecule has 0 bridgehead atoms. The zero-order valence-corrected chi connectivity index (χ0v) is 12.7. The van der Waals surface area contributed by atoms with Crippen molar-refractivity contribution in [3.63, 3.8) is 0 Å². The number of rotatable bonds is 7. The molecule has 0 amide bonds. The molecule has 0 atom stereocenters. The van der Waals surface area contributed by atoms with Crippen LogP contribution in [0.2, 0.25) is 0 Å². The quantitative estimate of drug-likeness (QED) is 0.548. The van der Waals surface area contributed by atoms with Gasteiger partial charge in [0.25, 0.3) is 0 Å². The van der Waals surface area contributed by atoms with Gasteiger partial charge in [-0.1, -0.05) is 6.07 Å². The first-order valence-electron chi connectivity index (χ1n) is 6.27. The summed E-state index contributed by atoms with van der Waals surface area (Å²) >= 11 is 2.28. The van der Waals surface area contributed by atoms with Crippen molar-refractivity contribution < 1.29 is 9.47 Å². The number of aromatic nitrogens is 1. The van der Waals surface area contributed by atoms with E-state index in [-0.39, 0.29) is 0 Å². The SMILES string of the molecule is Ic1ccc(OCCCCOc2ccccn2)cc1. The second-order valence-electron chi connectivity index (χ2n) is 4.03. The zero-order valence-electron chi connectivity index (χ0n) is 10.6. The van der Waals surface area contributed by atoms with Crippen LogP contribution in [0.1, 0.15) is 12.8 Å². The minimum atomic E-state index is 0.674. The Hall–Kier alpha value is -1.30. The second-order valence-corrected chi connectivity index (χ2v) is 5.27. The van der Waals surface area contributed by atoms with E-state index in [2.05, 4.69) is 27.6 Å². The zero-order chi connectivity index (χ0) is 13.3. The van der Waals surface area contributed by atoms with Crippen LogP contribution < -0.4 is 9.47 Å². The number of nitrogens with zero attached hydrogens (tertiary/aromatic N) is 1. The summed E-state index contributed by atoms with van der Waals surface area (Å²) in [6.45, 7) is 1.39. The first kappa shape index (κ1) is 14.1. The van der Waals surface area contributed by atoms with Crippen molar-refractivity contribution in [2.24, 2.45) is 0 Å². The molecule has 0 aliphatic heterocycles. The normalized spacial score (nSPS) is 10.2. The Bertz CT molecular complexity index is 473. The summed E-state index contributed by atoms with van der Waals surface area (Å²) in [5.74, 6) is 1.60. The standard InChI is InChI=1S/C15H16INO2/c16-13-6-8-14(9-7-13)18-11-3-4-12-19-15-5-1-2-10-17-15/h1-2,5-10H,3-4,11-12H2. The molecule has 0 aliphatic carbocycles. The first-order valence-corrected chi connectivity index (χ1v) is 7.35. The first-order chi connectivity index (χ1) is 9.34. The van der Waals surface area contributed by atoms with E-state index in [1.54, 1.807) is 6.20 Å². The number of unbranched alkanes of at least 4 members (excludes halogenated alkanes) is 1. The predicted octanol–water partition coefficient (Wildman–Crippen LogP) is 3.92. The molecule has 1 aromatic heterocycles. The van der Waals surface area contributed by atoms with E-state index in [1.165, 1.54) is 3.57 Å². The minimum absolute atomic E-state index is 0.674. The van der Waals surface area contributed by atoms with Crippen LogP contribution in [0.3, 0.4) is 0 Å². The molecule has 2 aromatic rings. The smallest absolute Gasteiger partial charge is 0.213 e. The fraction of sp³-hybridized carbons (Fsp3) is 0.267. The van der Waals surface area contributed by atoms with E-state index in [0.717, 1.165) is 18.6 Å². The van der Waals surface area contributed by atoms with Gasteiger partial charge in [-0.15, -0.1) is 0 Å². The van der Waals surface area contributed by atoms with Gasteiger partial charge in [-0.3, -0.25) is 0 Å². The lowest BCUT2D eigenvalue weighted by Gasteiger charge is -2.07. The number of halogens is 1. The van der Waals surface area contributed by atoms with E-state index in [9.17, 15) is 0 Å². The molecule has 3 nitrogen and oxygen atoms in total. The van der Waals surface area contributed by atoms with E-state index < -0.39 is 0 Å². The molecule has 4 heteroatoms. The van der Waals surface area contributed by atoms with Crippen molar-refractivity contribution in [1.82, 2.24) is 4.98 Å². The second kappa shape index (κ2) is 7.99. The highest BCUT2D eigenvalue weighted by atomic mass is 127. The largest absolute Gasteiger partial charge is 0.494 e. The monoisotopic (exact) mass is 369 g/mol. The van der Waals surface area contributed by atoms with Crippen LogP contribution in [0, 0.1) is 3.57 Å². The average Bonchev–Trinajstić information content (AvgIpc) is 2.46. The number of hydrogen-bond acceptors (Lipinski definition) is 3.